The number of carbonyl (C=O) groups excluding carboxylic acids is 3. The van der Waals surface area contributed by atoms with Crippen molar-refractivity contribution in [2.75, 3.05) is 13.7 Å². The van der Waals surface area contributed by atoms with Crippen LogP contribution in [0.5, 0.6) is 5.75 Å². The number of nitrogens with one attached hydrogen (secondary N) is 1. The van der Waals surface area contributed by atoms with Crippen LogP contribution in [0.1, 0.15) is 15.9 Å². The number of benzene rings is 2. The molecular weight excluding hydrogens is 341 g/mol. The first kappa shape index (κ1) is 18.9. The fourth-order valence-electron chi connectivity index (χ4n) is 1.93. The van der Waals surface area contributed by atoms with Crippen molar-refractivity contribution in [2.45, 2.75) is 0 Å². The average molecular weight is 357 g/mol. The van der Waals surface area contributed by atoms with Gasteiger partial charge < -0.3 is 9.47 Å². The zero-order valence-corrected chi connectivity index (χ0v) is 13.9. The van der Waals surface area contributed by atoms with Gasteiger partial charge in [-0.25, -0.2) is 9.18 Å². The molecule has 0 fully saturated rings. The van der Waals surface area contributed by atoms with E-state index in [0.29, 0.717) is 5.75 Å². The highest BCUT2D eigenvalue weighted by atomic mass is 19.1. The number of halogens is 1. The molecule has 0 aliphatic carbocycles. The number of esters is 1. The largest absolute Gasteiger partial charge is 0.497 e. The van der Waals surface area contributed by atoms with Crippen molar-refractivity contribution < 1.29 is 28.2 Å². The highest BCUT2D eigenvalue weighted by Crippen LogP contribution is 2.11. The molecule has 2 aromatic rings. The summed E-state index contributed by atoms with van der Waals surface area (Å²) in [6.07, 6.45) is 2.23. The summed E-state index contributed by atoms with van der Waals surface area (Å²) in [5.41, 5.74) is 0.466. The number of rotatable bonds is 6. The molecule has 0 bridgehead atoms. The third kappa shape index (κ3) is 5.55. The lowest BCUT2D eigenvalue weighted by Gasteiger charge is -2.05. The quantitative estimate of drug-likeness (QED) is 0.634. The first-order valence-electron chi connectivity index (χ1n) is 7.57. The van der Waals surface area contributed by atoms with E-state index in [-0.39, 0.29) is 11.1 Å². The molecule has 7 heteroatoms. The summed E-state index contributed by atoms with van der Waals surface area (Å²) in [5.74, 6) is -2.16. The lowest BCUT2D eigenvalue weighted by molar-refractivity contribution is -0.143. The molecule has 0 aliphatic heterocycles. The molecule has 6 nitrogen and oxygen atoms in total. The van der Waals surface area contributed by atoms with Crippen LogP contribution in [0.25, 0.3) is 6.08 Å². The smallest absolute Gasteiger partial charge is 0.331 e. The zero-order chi connectivity index (χ0) is 18.9. The van der Waals surface area contributed by atoms with Gasteiger partial charge in [0.2, 0.25) is 0 Å². The summed E-state index contributed by atoms with van der Waals surface area (Å²) < 4.78 is 23.1. The molecule has 0 unspecified atom stereocenters. The van der Waals surface area contributed by atoms with Crippen LogP contribution in [0.4, 0.5) is 4.39 Å². The minimum Gasteiger partial charge on any atom is -0.497 e. The average Bonchev–Trinajstić information content (AvgIpc) is 2.65. The van der Waals surface area contributed by atoms with Crippen LogP contribution in [0.3, 0.4) is 0 Å². The van der Waals surface area contributed by atoms with Crippen LogP contribution in [0, 0.1) is 5.82 Å². The number of hydrogen-bond acceptors (Lipinski definition) is 5. The van der Waals surface area contributed by atoms with E-state index in [4.69, 9.17) is 9.47 Å². The summed E-state index contributed by atoms with van der Waals surface area (Å²) >= 11 is 0. The zero-order valence-electron chi connectivity index (χ0n) is 13.9. The maximum Gasteiger partial charge on any atom is 0.331 e. The van der Waals surface area contributed by atoms with Gasteiger partial charge in [-0.1, -0.05) is 18.2 Å². The van der Waals surface area contributed by atoms with Crippen LogP contribution >= 0.6 is 0 Å². The van der Waals surface area contributed by atoms with E-state index in [9.17, 15) is 18.8 Å². The fourth-order valence-corrected chi connectivity index (χ4v) is 1.93. The molecule has 26 heavy (non-hydrogen) atoms. The molecule has 0 heterocycles. The molecule has 134 valence electrons. The monoisotopic (exact) mass is 357 g/mol. The molecule has 2 rings (SSSR count). The number of imide groups is 1. The SMILES string of the molecule is COc1ccc(C(=O)NC(=O)COC(=O)/C=C/c2ccccc2F)cc1. The highest BCUT2D eigenvalue weighted by molar-refractivity contribution is 6.05. The summed E-state index contributed by atoms with van der Waals surface area (Å²) in [6.45, 7) is -0.637. The lowest BCUT2D eigenvalue weighted by atomic mass is 10.2. The Hall–Kier alpha value is -3.48. The van der Waals surface area contributed by atoms with Gasteiger partial charge in [-0.15, -0.1) is 0 Å². The van der Waals surface area contributed by atoms with Crippen molar-refractivity contribution in [2.24, 2.45) is 0 Å². The van der Waals surface area contributed by atoms with Gasteiger partial charge in [-0.05, 0) is 36.4 Å². The van der Waals surface area contributed by atoms with Crippen LogP contribution in [0.15, 0.2) is 54.6 Å². The van der Waals surface area contributed by atoms with Crippen molar-refractivity contribution in [1.82, 2.24) is 5.32 Å². The number of amides is 2. The van der Waals surface area contributed by atoms with Gasteiger partial charge in [-0.2, -0.15) is 0 Å². The standard InChI is InChI=1S/C19H16FNO5/c1-25-15-9-6-14(7-10-15)19(24)21-17(22)12-26-18(23)11-8-13-4-2-3-5-16(13)20/h2-11H,12H2,1H3,(H,21,22,24)/b11-8+. The van der Waals surface area contributed by atoms with Gasteiger partial charge in [0.15, 0.2) is 6.61 Å². The van der Waals surface area contributed by atoms with E-state index in [1.165, 1.54) is 43.5 Å². The number of methoxy groups -OCH3 is 1. The van der Waals surface area contributed by atoms with E-state index in [1.54, 1.807) is 18.2 Å². The van der Waals surface area contributed by atoms with Gasteiger partial charge in [0.1, 0.15) is 11.6 Å². The molecule has 2 amide bonds. The molecule has 0 spiro atoms. The molecular formula is C19H16FNO5. The molecule has 0 aliphatic rings. The molecule has 0 atom stereocenters. The highest BCUT2D eigenvalue weighted by Gasteiger charge is 2.12. The topological polar surface area (TPSA) is 81.7 Å². The Labute approximate surface area is 149 Å². The van der Waals surface area contributed by atoms with Gasteiger partial charge in [0, 0.05) is 17.2 Å². The van der Waals surface area contributed by atoms with Crippen molar-refractivity contribution >= 4 is 23.9 Å². The van der Waals surface area contributed by atoms with E-state index < -0.39 is 30.2 Å². The Morgan fingerprint density at radius 3 is 2.42 bits per heavy atom. The first-order chi connectivity index (χ1) is 12.5. The number of carbonyl (C=O) groups is 3. The summed E-state index contributed by atoms with van der Waals surface area (Å²) in [6, 6.07) is 12.0. The predicted octanol–water partition coefficient (Wildman–Crippen LogP) is 2.35. The molecule has 2 aromatic carbocycles. The van der Waals surface area contributed by atoms with E-state index in [1.807, 2.05) is 0 Å². The van der Waals surface area contributed by atoms with Crippen molar-refractivity contribution in [3.63, 3.8) is 0 Å². The minimum atomic E-state index is -0.833. The van der Waals surface area contributed by atoms with Gasteiger partial charge >= 0.3 is 5.97 Å². The van der Waals surface area contributed by atoms with Crippen molar-refractivity contribution in [3.05, 3.63) is 71.6 Å². The first-order valence-corrected chi connectivity index (χ1v) is 7.57. The Kier molecular flexibility index (Phi) is 6.61. The third-order valence-corrected chi connectivity index (χ3v) is 3.25. The Bertz CT molecular complexity index is 830. The molecule has 0 radical (unpaired) electrons. The Balaban J connectivity index is 1.81. The third-order valence-electron chi connectivity index (χ3n) is 3.25. The Morgan fingerprint density at radius 1 is 1.08 bits per heavy atom. The fraction of sp³-hybridized carbons (Fsp3) is 0.105. The van der Waals surface area contributed by atoms with E-state index in [2.05, 4.69) is 5.32 Å². The second kappa shape index (κ2) is 9.12. The summed E-state index contributed by atoms with van der Waals surface area (Å²) in [7, 11) is 1.49. The van der Waals surface area contributed by atoms with Gasteiger partial charge in [-0.3, -0.25) is 14.9 Å². The Morgan fingerprint density at radius 2 is 1.77 bits per heavy atom. The normalized spacial score (nSPS) is 10.4. The van der Waals surface area contributed by atoms with Crippen molar-refractivity contribution in [3.8, 4) is 5.75 Å². The minimum absolute atomic E-state index is 0.212. The second-order valence-electron chi connectivity index (χ2n) is 5.07. The number of ether oxygens (including phenoxy) is 2. The molecule has 1 N–H and O–H groups in total. The van der Waals surface area contributed by atoms with Gasteiger partial charge in [0.25, 0.3) is 11.8 Å². The predicted molar refractivity (Wildman–Crippen MR) is 91.9 cm³/mol. The number of hydrogen-bond donors (Lipinski definition) is 1. The molecule has 0 saturated heterocycles. The summed E-state index contributed by atoms with van der Waals surface area (Å²) in [4.78, 5) is 35.1. The maximum atomic E-state index is 13.4. The van der Waals surface area contributed by atoms with E-state index >= 15 is 0 Å². The van der Waals surface area contributed by atoms with Crippen molar-refractivity contribution in [1.29, 1.82) is 0 Å². The van der Waals surface area contributed by atoms with Crippen LogP contribution in [-0.4, -0.2) is 31.5 Å². The van der Waals surface area contributed by atoms with Crippen LogP contribution in [0.2, 0.25) is 0 Å². The van der Waals surface area contributed by atoms with E-state index in [0.717, 1.165) is 6.08 Å². The van der Waals surface area contributed by atoms with Crippen LogP contribution < -0.4 is 10.1 Å². The maximum absolute atomic E-state index is 13.4. The molecule has 0 saturated carbocycles. The second-order valence-corrected chi connectivity index (χ2v) is 5.07. The van der Waals surface area contributed by atoms with Gasteiger partial charge in [0.05, 0.1) is 7.11 Å². The van der Waals surface area contributed by atoms with Crippen LogP contribution in [-0.2, 0) is 14.3 Å². The summed E-state index contributed by atoms with van der Waals surface area (Å²) in [5, 5.41) is 2.09. The lowest BCUT2D eigenvalue weighted by Crippen LogP contribution is -2.34. The molecule has 0 aromatic heterocycles.